The van der Waals surface area contributed by atoms with Crippen LogP contribution >= 0.6 is 0 Å². The van der Waals surface area contributed by atoms with E-state index in [2.05, 4.69) is 9.97 Å². The van der Waals surface area contributed by atoms with Gasteiger partial charge in [-0.25, -0.2) is 4.98 Å². The van der Waals surface area contributed by atoms with Gasteiger partial charge >= 0.3 is 0 Å². The van der Waals surface area contributed by atoms with E-state index in [1.165, 1.54) is 0 Å². The van der Waals surface area contributed by atoms with E-state index in [0.717, 1.165) is 23.2 Å². The number of rotatable bonds is 2. The zero-order chi connectivity index (χ0) is 10.7. The first-order valence-corrected chi connectivity index (χ1v) is 4.87. The van der Waals surface area contributed by atoms with Gasteiger partial charge in [-0.15, -0.1) is 0 Å². The molecule has 0 amide bonds. The van der Waals surface area contributed by atoms with Gasteiger partial charge in [0, 0.05) is 30.1 Å². The van der Waals surface area contributed by atoms with E-state index in [0.29, 0.717) is 5.82 Å². The summed E-state index contributed by atoms with van der Waals surface area (Å²) in [6.07, 6.45) is 4.26. The summed E-state index contributed by atoms with van der Waals surface area (Å²) in [5.41, 5.74) is 9.07. The van der Waals surface area contributed by atoms with E-state index in [9.17, 15) is 0 Å². The number of aryl methyl sites for hydroxylation is 1. The van der Waals surface area contributed by atoms with Gasteiger partial charge in [-0.05, 0) is 30.7 Å². The molecular weight excluding hydrogens is 186 g/mol. The molecule has 2 N–H and O–H groups in total. The molecule has 3 heteroatoms. The van der Waals surface area contributed by atoms with Crippen LogP contribution in [0.2, 0.25) is 0 Å². The van der Waals surface area contributed by atoms with Gasteiger partial charge in [0.25, 0.3) is 0 Å². The van der Waals surface area contributed by atoms with Gasteiger partial charge in [0.2, 0.25) is 0 Å². The third-order valence-corrected chi connectivity index (χ3v) is 2.41. The predicted molar refractivity (Wildman–Crippen MR) is 60.4 cm³/mol. The van der Waals surface area contributed by atoms with E-state index in [-0.39, 0.29) is 0 Å². The van der Waals surface area contributed by atoms with E-state index in [1.807, 2.05) is 31.2 Å². The van der Waals surface area contributed by atoms with Gasteiger partial charge in [0.05, 0.1) is 0 Å². The molecule has 0 unspecified atom stereocenters. The Bertz CT molecular complexity index is 431. The maximum atomic E-state index is 5.83. The molecule has 3 nitrogen and oxygen atoms in total. The molecular formula is C12H13N3. The smallest absolute Gasteiger partial charge is 0.127 e. The highest BCUT2D eigenvalue weighted by Crippen LogP contribution is 2.16. The average molecular weight is 199 g/mol. The number of hydrogen-bond donors (Lipinski definition) is 1. The standard InChI is InChI=1S/C12H13N3/c1-9-5-7-15-12(13)11(9)8-10-4-2-3-6-14-10/h2-7H,8H2,1H3,(H2,13,15). The average Bonchev–Trinajstić information content (AvgIpc) is 2.25. The fraction of sp³-hybridized carbons (Fsp3) is 0.167. The number of nitrogens with zero attached hydrogens (tertiary/aromatic N) is 2. The molecule has 0 spiro atoms. The number of aromatic nitrogens is 2. The summed E-state index contributed by atoms with van der Waals surface area (Å²) < 4.78 is 0. The SMILES string of the molecule is Cc1ccnc(N)c1Cc1ccccn1. The molecule has 0 aromatic carbocycles. The fourth-order valence-corrected chi connectivity index (χ4v) is 1.52. The Hall–Kier alpha value is -1.90. The Kier molecular flexibility index (Phi) is 2.63. The molecule has 0 atom stereocenters. The van der Waals surface area contributed by atoms with Gasteiger partial charge in [0.15, 0.2) is 0 Å². The van der Waals surface area contributed by atoms with Gasteiger partial charge < -0.3 is 5.73 Å². The Labute approximate surface area is 89.0 Å². The third-order valence-electron chi connectivity index (χ3n) is 2.41. The molecule has 0 aliphatic rings. The molecule has 0 saturated heterocycles. The molecule has 0 saturated carbocycles. The molecule has 0 bridgehead atoms. The van der Waals surface area contributed by atoms with E-state index in [1.54, 1.807) is 12.4 Å². The Balaban J connectivity index is 2.32. The summed E-state index contributed by atoms with van der Waals surface area (Å²) in [5, 5.41) is 0. The molecule has 2 rings (SSSR count). The number of pyridine rings is 2. The minimum Gasteiger partial charge on any atom is -0.383 e. The molecule has 2 aromatic heterocycles. The van der Waals surface area contributed by atoms with Crippen molar-refractivity contribution >= 4 is 5.82 Å². The van der Waals surface area contributed by atoms with Crippen molar-refractivity contribution in [3.05, 3.63) is 53.5 Å². The monoisotopic (exact) mass is 199 g/mol. The van der Waals surface area contributed by atoms with Crippen molar-refractivity contribution in [1.82, 2.24) is 9.97 Å². The second-order valence-electron chi connectivity index (χ2n) is 3.49. The highest BCUT2D eigenvalue weighted by molar-refractivity contribution is 5.45. The summed E-state index contributed by atoms with van der Waals surface area (Å²) in [5.74, 6) is 0.598. The zero-order valence-corrected chi connectivity index (χ0v) is 8.64. The summed E-state index contributed by atoms with van der Waals surface area (Å²) in [6.45, 7) is 2.04. The van der Waals surface area contributed by atoms with Crippen LogP contribution in [0.1, 0.15) is 16.8 Å². The Morgan fingerprint density at radius 1 is 1.13 bits per heavy atom. The first-order chi connectivity index (χ1) is 7.27. The van der Waals surface area contributed by atoms with Crippen molar-refractivity contribution in [2.45, 2.75) is 13.3 Å². The number of nitrogen functional groups attached to an aromatic ring is 1. The van der Waals surface area contributed by atoms with Crippen molar-refractivity contribution in [2.75, 3.05) is 5.73 Å². The summed E-state index contributed by atoms with van der Waals surface area (Å²) in [7, 11) is 0. The van der Waals surface area contributed by atoms with Gasteiger partial charge in [0.1, 0.15) is 5.82 Å². The van der Waals surface area contributed by atoms with Crippen molar-refractivity contribution in [3.8, 4) is 0 Å². The fourth-order valence-electron chi connectivity index (χ4n) is 1.52. The first-order valence-electron chi connectivity index (χ1n) is 4.87. The lowest BCUT2D eigenvalue weighted by molar-refractivity contribution is 1.05. The molecule has 0 radical (unpaired) electrons. The van der Waals surface area contributed by atoms with Crippen LogP contribution in [0.15, 0.2) is 36.7 Å². The lowest BCUT2D eigenvalue weighted by Crippen LogP contribution is -2.02. The number of nitrogens with two attached hydrogens (primary N) is 1. The third kappa shape index (κ3) is 2.13. The van der Waals surface area contributed by atoms with E-state index in [4.69, 9.17) is 5.73 Å². The Morgan fingerprint density at radius 2 is 2.00 bits per heavy atom. The van der Waals surface area contributed by atoms with Crippen molar-refractivity contribution < 1.29 is 0 Å². The molecule has 2 aromatic rings. The maximum Gasteiger partial charge on any atom is 0.127 e. The van der Waals surface area contributed by atoms with E-state index >= 15 is 0 Å². The molecule has 15 heavy (non-hydrogen) atoms. The van der Waals surface area contributed by atoms with Gasteiger partial charge in [-0.3, -0.25) is 4.98 Å². The quantitative estimate of drug-likeness (QED) is 0.804. The minimum atomic E-state index is 0.598. The lowest BCUT2D eigenvalue weighted by atomic mass is 10.1. The minimum absolute atomic E-state index is 0.598. The molecule has 2 heterocycles. The molecule has 0 fully saturated rings. The molecule has 0 aliphatic carbocycles. The Morgan fingerprint density at radius 3 is 2.67 bits per heavy atom. The lowest BCUT2D eigenvalue weighted by Gasteiger charge is -2.07. The van der Waals surface area contributed by atoms with Crippen LogP contribution in [-0.4, -0.2) is 9.97 Å². The van der Waals surface area contributed by atoms with Crippen LogP contribution in [0.3, 0.4) is 0 Å². The van der Waals surface area contributed by atoms with Crippen molar-refractivity contribution in [1.29, 1.82) is 0 Å². The predicted octanol–water partition coefficient (Wildman–Crippen LogP) is 1.96. The maximum absolute atomic E-state index is 5.83. The highest BCUT2D eigenvalue weighted by atomic mass is 14.8. The number of hydrogen-bond acceptors (Lipinski definition) is 3. The van der Waals surface area contributed by atoms with Crippen LogP contribution in [0, 0.1) is 6.92 Å². The highest BCUT2D eigenvalue weighted by Gasteiger charge is 2.05. The summed E-state index contributed by atoms with van der Waals surface area (Å²) >= 11 is 0. The van der Waals surface area contributed by atoms with Crippen LogP contribution in [0.4, 0.5) is 5.82 Å². The molecule has 0 aliphatic heterocycles. The molecule has 76 valence electrons. The first kappa shape index (κ1) is 9.65. The van der Waals surface area contributed by atoms with E-state index < -0.39 is 0 Å². The van der Waals surface area contributed by atoms with Crippen LogP contribution in [0.25, 0.3) is 0 Å². The van der Waals surface area contributed by atoms with Crippen molar-refractivity contribution in [2.24, 2.45) is 0 Å². The second kappa shape index (κ2) is 4.09. The largest absolute Gasteiger partial charge is 0.383 e. The summed E-state index contributed by atoms with van der Waals surface area (Å²) in [6, 6.07) is 7.84. The van der Waals surface area contributed by atoms with Crippen LogP contribution < -0.4 is 5.73 Å². The zero-order valence-electron chi connectivity index (χ0n) is 8.64. The van der Waals surface area contributed by atoms with Gasteiger partial charge in [-0.1, -0.05) is 6.07 Å². The normalized spacial score (nSPS) is 10.2. The summed E-state index contributed by atoms with van der Waals surface area (Å²) in [4.78, 5) is 8.36. The van der Waals surface area contributed by atoms with Crippen molar-refractivity contribution in [3.63, 3.8) is 0 Å². The topological polar surface area (TPSA) is 51.8 Å². The number of anilines is 1. The van der Waals surface area contributed by atoms with Crippen LogP contribution in [0.5, 0.6) is 0 Å². The van der Waals surface area contributed by atoms with Gasteiger partial charge in [-0.2, -0.15) is 0 Å². The van der Waals surface area contributed by atoms with Crippen LogP contribution in [-0.2, 0) is 6.42 Å². The second-order valence-corrected chi connectivity index (χ2v) is 3.49.